The molecule has 0 saturated heterocycles. The summed E-state index contributed by atoms with van der Waals surface area (Å²) in [4.78, 5) is 3.79. The highest BCUT2D eigenvalue weighted by Gasteiger charge is 2.17. The van der Waals surface area contributed by atoms with Gasteiger partial charge in [0.25, 0.3) is 0 Å². The first-order chi connectivity index (χ1) is 6.51. The summed E-state index contributed by atoms with van der Waals surface area (Å²) in [5.74, 6) is -0.0244. The fourth-order valence-electron chi connectivity index (χ4n) is 0.897. The van der Waals surface area contributed by atoms with Gasteiger partial charge in [-0.15, -0.1) is 0 Å². The van der Waals surface area contributed by atoms with Crippen molar-refractivity contribution in [2.24, 2.45) is 0 Å². The molecule has 74 valence electrons. The van der Waals surface area contributed by atoms with E-state index in [1.807, 2.05) is 22.6 Å². The highest BCUT2D eigenvalue weighted by atomic mass is 127. The Morgan fingerprint density at radius 1 is 1.64 bits per heavy atom. The van der Waals surface area contributed by atoms with Crippen LogP contribution in [0.2, 0.25) is 0 Å². The molecular weight excluding hydrogens is 315 g/mol. The minimum atomic E-state index is -3.35. The smallest absolute Gasteiger partial charge is 0.181 e. The number of hydrogen-bond acceptors (Lipinski definition) is 4. The van der Waals surface area contributed by atoms with Gasteiger partial charge in [-0.2, -0.15) is 5.26 Å². The molecule has 6 heteroatoms. The first kappa shape index (κ1) is 11.4. The number of nitrogens with zero attached hydrogens (tertiary/aromatic N) is 2. The molecule has 1 aromatic rings. The van der Waals surface area contributed by atoms with Crippen molar-refractivity contribution in [2.45, 2.75) is 11.8 Å². The minimum absolute atomic E-state index is 0.0226. The highest BCUT2D eigenvalue weighted by Crippen LogP contribution is 2.17. The second kappa shape index (κ2) is 4.23. The van der Waals surface area contributed by atoms with Crippen LogP contribution >= 0.6 is 22.6 Å². The van der Waals surface area contributed by atoms with Crippen molar-refractivity contribution in [3.63, 3.8) is 0 Å². The van der Waals surface area contributed by atoms with Gasteiger partial charge in [0.15, 0.2) is 15.5 Å². The minimum Gasteiger partial charge on any atom is -0.243 e. The quantitative estimate of drug-likeness (QED) is 0.771. The SMILES string of the molecule is CCS(=O)(=O)c1cc(I)cnc1C#N. The van der Waals surface area contributed by atoms with Gasteiger partial charge in [-0.05, 0) is 28.7 Å². The molecule has 0 aliphatic carbocycles. The van der Waals surface area contributed by atoms with Crippen LogP contribution in [0.15, 0.2) is 17.2 Å². The van der Waals surface area contributed by atoms with Crippen molar-refractivity contribution < 1.29 is 8.42 Å². The molecule has 1 rings (SSSR count). The zero-order valence-corrected chi connectivity index (χ0v) is 10.3. The molecule has 0 aliphatic heterocycles. The van der Waals surface area contributed by atoms with Crippen molar-refractivity contribution in [1.29, 1.82) is 5.26 Å². The van der Waals surface area contributed by atoms with Crippen LogP contribution in [-0.4, -0.2) is 19.2 Å². The number of aromatic nitrogens is 1. The summed E-state index contributed by atoms with van der Waals surface area (Å²) in [6.07, 6.45) is 1.47. The first-order valence-corrected chi connectivity index (χ1v) is 6.52. The lowest BCUT2D eigenvalue weighted by Gasteiger charge is -2.02. The van der Waals surface area contributed by atoms with Gasteiger partial charge in [0, 0.05) is 9.77 Å². The third kappa shape index (κ3) is 2.22. The maximum absolute atomic E-state index is 11.5. The number of pyridine rings is 1. The second-order valence-electron chi connectivity index (χ2n) is 2.52. The summed E-state index contributed by atoms with van der Waals surface area (Å²) >= 11 is 1.96. The van der Waals surface area contributed by atoms with Crippen molar-refractivity contribution in [3.05, 3.63) is 21.5 Å². The molecular formula is C8H7IN2O2S. The van der Waals surface area contributed by atoms with Gasteiger partial charge < -0.3 is 0 Å². The summed E-state index contributed by atoms with van der Waals surface area (Å²) in [6.45, 7) is 1.54. The molecule has 0 N–H and O–H groups in total. The average Bonchev–Trinajstić information content (AvgIpc) is 2.18. The van der Waals surface area contributed by atoms with Crippen LogP contribution in [0.25, 0.3) is 0 Å². The van der Waals surface area contributed by atoms with Crippen molar-refractivity contribution >= 4 is 32.4 Å². The van der Waals surface area contributed by atoms with Crippen LogP contribution in [0.1, 0.15) is 12.6 Å². The Balaban J connectivity index is 3.49. The monoisotopic (exact) mass is 322 g/mol. The zero-order chi connectivity index (χ0) is 10.8. The van der Waals surface area contributed by atoms with E-state index < -0.39 is 9.84 Å². The lowest BCUT2D eigenvalue weighted by Crippen LogP contribution is -2.07. The van der Waals surface area contributed by atoms with E-state index in [1.165, 1.54) is 19.2 Å². The van der Waals surface area contributed by atoms with E-state index in [2.05, 4.69) is 4.98 Å². The largest absolute Gasteiger partial charge is 0.243 e. The Bertz CT molecular complexity index is 491. The van der Waals surface area contributed by atoms with Gasteiger partial charge in [-0.3, -0.25) is 0 Å². The number of hydrogen-bond donors (Lipinski definition) is 0. The molecule has 0 unspecified atom stereocenters. The van der Waals surface area contributed by atoms with Crippen molar-refractivity contribution in [3.8, 4) is 6.07 Å². The van der Waals surface area contributed by atoms with Crippen LogP contribution in [0.5, 0.6) is 0 Å². The van der Waals surface area contributed by atoms with E-state index in [-0.39, 0.29) is 16.3 Å². The third-order valence-electron chi connectivity index (χ3n) is 1.64. The van der Waals surface area contributed by atoms with Crippen molar-refractivity contribution in [1.82, 2.24) is 4.98 Å². The molecule has 14 heavy (non-hydrogen) atoms. The van der Waals surface area contributed by atoms with Crippen LogP contribution < -0.4 is 0 Å². The molecule has 4 nitrogen and oxygen atoms in total. The maximum Gasteiger partial charge on any atom is 0.181 e. The lowest BCUT2D eigenvalue weighted by atomic mass is 10.4. The molecule has 0 fully saturated rings. The number of halogens is 1. The Kier molecular flexibility index (Phi) is 3.44. The van der Waals surface area contributed by atoms with E-state index in [1.54, 1.807) is 6.07 Å². The molecule has 0 amide bonds. The van der Waals surface area contributed by atoms with Gasteiger partial charge >= 0.3 is 0 Å². The molecule has 0 atom stereocenters. The highest BCUT2D eigenvalue weighted by molar-refractivity contribution is 14.1. The number of nitriles is 1. The Morgan fingerprint density at radius 3 is 2.79 bits per heavy atom. The third-order valence-corrected chi connectivity index (χ3v) is 3.97. The summed E-state index contributed by atoms with van der Waals surface area (Å²) in [7, 11) is -3.35. The first-order valence-electron chi connectivity index (χ1n) is 3.79. The van der Waals surface area contributed by atoms with Crippen LogP contribution in [0, 0.1) is 14.9 Å². The normalized spacial score (nSPS) is 10.9. The number of sulfone groups is 1. The van der Waals surface area contributed by atoms with E-state index in [9.17, 15) is 8.42 Å². The topological polar surface area (TPSA) is 70.8 Å². The summed E-state index contributed by atoms with van der Waals surface area (Å²) in [5, 5.41) is 8.69. The predicted molar refractivity (Wildman–Crippen MR) is 59.4 cm³/mol. The molecule has 0 radical (unpaired) electrons. The van der Waals surface area contributed by atoms with Gasteiger partial charge in [0.05, 0.1) is 5.75 Å². The Morgan fingerprint density at radius 2 is 2.29 bits per heavy atom. The molecule has 0 bridgehead atoms. The summed E-state index contributed by atoms with van der Waals surface area (Å²) in [5.41, 5.74) is -0.0349. The fraction of sp³-hybridized carbons (Fsp3) is 0.250. The molecule has 0 spiro atoms. The van der Waals surface area contributed by atoms with E-state index >= 15 is 0 Å². The van der Waals surface area contributed by atoms with Crippen LogP contribution in [-0.2, 0) is 9.84 Å². The van der Waals surface area contributed by atoms with Crippen LogP contribution in [0.3, 0.4) is 0 Å². The standard InChI is InChI=1S/C8H7IN2O2S/c1-2-14(12,13)8-3-6(9)5-11-7(8)4-10/h3,5H,2H2,1H3. The van der Waals surface area contributed by atoms with Gasteiger partial charge in [-0.25, -0.2) is 13.4 Å². The van der Waals surface area contributed by atoms with Crippen LogP contribution in [0.4, 0.5) is 0 Å². The molecule has 0 saturated carbocycles. The maximum atomic E-state index is 11.5. The summed E-state index contributed by atoms with van der Waals surface area (Å²) in [6, 6.07) is 3.23. The Labute approximate surface area is 96.0 Å². The second-order valence-corrected chi connectivity index (χ2v) is 6.01. The Hall–Kier alpha value is -0.680. The van der Waals surface area contributed by atoms with Crippen molar-refractivity contribution in [2.75, 3.05) is 5.75 Å². The molecule has 0 aromatic carbocycles. The zero-order valence-electron chi connectivity index (χ0n) is 7.36. The fourth-order valence-corrected chi connectivity index (χ4v) is 2.57. The molecule has 0 aliphatic rings. The lowest BCUT2D eigenvalue weighted by molar-refractivity contribution is 0.596. The average molecular weight is 322 g/mol. The molecule has 1 aromatic heterocycles. The van der Waals surface area contributed by atoms with E-state index in [0.29, 0.717) is 3.57 Å². The van der Waals surface area contributed by atoms with E-state index in [4.69, 9.17) is 5.26 Å². The van der Waals surface area contributed by atoms with Gasteiger partial charge in [0.1, 0.15) is 11.0 Å². The van der Waals surface area contributed by atoms with E-state index in [0.717, 1.165) is 0 Å². The predicted octanol–water partition coefficient (Wildman–Crippen LogP) is 1.35. The molecule has 1 heterocycles. The summed E-state index contributed by atoms with van der Waals surface area (Å²) < 4.78 is 23.8. The van der Waals surface area contributed by atoms with Gasteiger partial charge in [-0.1, -0.05) is 6.92 Å². The van der Waals surface area contributed by atoms with Gasteiger partial charge in [0.2, 0.25) is 0 Å². The number of rotatable bonds is 2.